The van der Waals surface area contributed by atoms with Gasteiger partial charge in [-0.1, -0.05) is 41.7 Å². The summed E-state index contributed by atoms with van der Waals surface area (Å²) in [5.41, 5.74) is 1.28. The Labute approximate surface area is 137 Å². The minimum atomic E-state index is -1.02. The molecule has 0 fully saturated rings. The first-order valence-corrected chi connectivity index (χ1v) is 7.88. The highest BCUT2D eigenvalue weighted by Gasteiger charge is 2.26. The van der Waals surface area contributed by atoms with Gasteiger partial charge < -0.3 is 9.64 Å². The zero-order chi connectivity index (χ0) is 17.0. The zero-order valence-electron chi connectivity index (χ0n) is 13.2. The van der Waals surface area contributed by atoms with Crippen molar-refractivity contribution in [3.05, 3.63) is 56.6 Å². The standard InChI is InChI=1S/C16H18N2O4S/c1-11-10-23-16(21)18(11)9-13(19)22-14(15(20)17(2)3)12-7-5-4-6-8-12/h4-8,10,14H,9H2,1-3H3/t14-/m0/s1. The monoisotopic (exact) mass is 334 g/mol. The predicted molar refractivity (Wildman–Crippen MR) is 87.3 cm³/mol. The normalized spacial score (nSPS) is 11.8. The van der Waals surface area contributed by atoms with Gasteiger partial charge in [0.1, 0.15) is 6.54 Å². The fourth-order valence-corrected chi connectivity index (χ4v) is 2.75. The number of carbonyl (C=O) groups excluding carboxylic acids is 2. The number of aryl methyl sites for hydroxylation is 1. The van der Waals surface area contributed by atoms with Crippen molar-refractivity contribution in [1.29, 1.82) is 0 Å². The second-order valence-corrected chi connectivity index (χ2v) is 6.06. The average molecular weight is 334 g/mol. The van der Waals surface area contributed by atoms with Crippen LogP contribution in [0.15, 0.2) is 40.5 Å². The molecule has 122 valence electrons. The van der Waals surface area contributed by atoms with Gasteiger partial charge in [0.25, 0.3) is 5.91 Å². The third kappa shape index (κ3) is 4.07. The van der Waals surface area contributed by atoms with Gasteiger partial charge in [-0.05, 0) is 6.92 Å². The van der Waals surface area contributed by atoms with Crippen LogP contribution >= 0.6 is 11.3 Å². The lowest BCUT2D eigenvalue weighted by atomic mass is 10.1. The van der Waals surface area contributed by atoms with Crippen molar-refractivity contribution in [3.8, 4) is 0 Å². The Morgan fingerprint density at radius 3 is 2.43 bits per heavy atom. The number of likely N-dealkylation sites (N-methyl/N-ethyl adjacent to an activating group) is 1. The Kier molecular flexibility index (Phi) is 5.33. The summed E-state index contributed by atoms with van der Waals surface area (Å²) in [6, 6.07) is 8.80. The molecule has 1 amide bonds. The fraction of sp³-hybridized carbons (Fsp3) is 0.312. The van der Waals surface area contributed by atoms with E-state index in [0.29, 0.717) is 11.3 Å². The van der Waals surface area contributed by atoms with Gasteiger partial charge in [0.05, 0.1) is 0 Å². The number of thiazole rings is 1. The third-order valence-corrected chi connectivity index (χ3v) is 4.16. The molecule has 0 radical (unpaired) electrons. The second-order valence-electron chi connectivity index (χ2n) is 5.24. The van der Waals surface area contributed by atoms with E-state index in [-0.39, 0.29) is 17.3 Å². The first kappa shape index (κ1) is 17.0. The molecule has 1 heterocycles. The molecule has 0 aliphatic carbocycles. The van der Waals surface area contributed by atoms with Crippen LogP contribution < -0.4 is 4.87 Å². The Morgan fingerprint density at radius 2 is 1.91 bits per heavy atom. The quantitative estimate of drug-likeness (QED) is 0.779. The summed E-state index contributed by atoms with van der Waals surface area (Å²) < 4.78 is 6.69. The molecule has 2 aromatic rings. The van der Waals surface area contributed by atoms with Crippen LogP contribution in [0.5, 0.6) is 0 Å². The van der Waals surface area contributed by atoms with Crippen LogP contribution in [0.2, 0.25) is 0 Å². The lowest BCUT2D eigenvalue weighted by molar-refractivity contribution is -0.160. The van der Waals surface area contributed by atoms with Crippen LogP contribution in [-0.4, -0.2) is 35.4 Å². The van der Waals surface area contributed by atoms with Crippen molar-refractivity contribution in [2.24, 2.45) is 0 Å². The number of nitrogens with zero attached hydrogens (tertiary/aromatic N) is 2. The smallest absolute Gasteiger partial charge is 0.327 e. The number of aromatic nitrogens is 1. The molecule has 2 rings (SSSR count). The van der Waals surface area contributed by atoms with Crippen molar-refractivity contribution in [2.75, 3.05) is 14.1 Å². The molecular weight excluding hydrogens is 316 g/mol. The highest BCUT2D eigenvalue weighted by molar-refractivity contribution is 7.07. The van der Waals surface area contributed by atoms with Crippen molar-refractivity contribution < 1.29 is 14.3 Å². The maximum Gasteiger partial charge on any atom is 0.327 e. The molecule has 7 heteroatoms. The first-order valence-electron chi connectivity index (χ1n) is 7.00. The van der Waals surface area contributed by atoms with E-state index >= 15 is 0 Å². The van der Waals surface area contributed by atoms with Gasteiger partial charge in [-0.25, -0.2) is 0 Å². The molecule has 1 aromatic heterocycles. The Morgan fingerprint density at radius 1 is 1.26 bits per heavy atom. The molecule has 0 aliphatic heterocycles. The van der Waals surface area contributed by atoms with E-state index in [1.165, 1.54) is 9.47 Å². The molecule has 1 aromatic carbocycles. The minimum absolute atomic E-state index is 0.210. The molecule has 0 saturated carbocycles. The van der Waals surface area contributed by atoms with Crippen LogP contribution in [0.3, 0.4) is 0 Å². The van der Waals surface area contributed by atoms with Gasteiger partial charge in [-0.2, -0.15) is 0 Å². The highest BCUT2D eigenvalue weighted by atomic mass is 32.1. The SMILES string of the molecule is Cc1csc(=O)n1CC(=O)O[C@H](C(=O)N(C)C)c1ccccc1. The Hall–Kier alpha value is -2.41. The van der Waals surface area contributed by atoms with Gasteiger partial charge >= 0.3 is 10.8 Å². The van der Waals surface area contributed by atoms with E-state index in [1.807, 2.05) is 6.07 Å². The molecule has 1 atom stereocenters. The molecule has 6 nitrogen and oxygen atoms in total. The van der Waals surface area contributed by atoms with E-state index in [9.17, 15) is 14.4 Å². The lowest BCUT2D eigenvalue weighted by Gasteiger charge is -2.21. The lowest BCUT2D eigenvalue weighted by Crippen LogP contribution is -2.32. The number of carbonyl (C=O) groups is 2. The van der Waals surface area contributed by atoms with E-state index in [1.54, 1.807) is 50.7 Å². The predicted octanol–water partition coefficient (Wildman–Crippen LogP) is 1.59. The Bertz CT molecular complexity index is 749. The summed E-state index contributed by atoms with van der Waals surface area (Å²) in [5, 5.41) is 1.68. The molecular formula is C16H18N2O4S. The van der Waals surface area contributed by atoms with E-state index in [0.717, 1.165) is 11.3 Å². The maximum atomic E-state index is 12.3. The first-order chi connectivity index (χ1) is 10.9. The van der Waals surface area contributed by atoms with Crippen LogP contribution in [0.1, 0.15) is 17.4 Å². The van der Waals surface area contributed by atoms with Gasteiger partial charge in [-0.3, -0.25) is 19.0 Å². The van der Waals surface area contributed by atoms with E-state index < -0.39 is 12.1 Å². The zero-order valence-corrected chi connectivity index (χ0v) is 14.0. The molecule has 0 saturated heterocycles. The molecule has 0 N–H and O–H groups in total. The number of amides is 1. The molecule has 23 heavy (non-hydrogen) atoms. The van der Waals surface area contributed by atoms with E-state index in [4.69, 9.17) is 4.74 Å². The fourth-order valence-electron chi connectivity index (χ4n) is 2.02. The number of benzene rings is 1. The molecule has 0 bridgehead atoms. The Balaban J connectivity index is 2.19. The van der Waals surface area contributed by atoms with Crippen molar-refractivity contribution in [2.45, 2.75) is 19.6 Å². The second kappa shape index (κ2) is 7.23. The van der Waals surface area contributed by atoms with Crippen LogP contribution in [-0.2, 0) is 20.9 Å². The summed E-state index contributed by atoms with van der Waals surface area (Å²) in [6.07, 6.45) is -1.02. The topological polar surface area (TPSA) is 68.6 Å². The third-order valence-electron chi connectivity index (χ3n) is 3.28. The largest absolute Gasteiger partial charge is 0.446 e. The number of ether oxygens (including phenoxy) is 1. The van der Waals surface area contributed by atoms with Crippen molar-refractivity contribution in [3.63, 3.8) is 0 Å². The number of esters is 1. The number of rotatable bonds is 5. The van der Waals surface area contributed by atoms with E-state index in [2.05, 4.69) is 0 Å². The minimum Gasteiger partial charge on any atom is -0.446 e. The number of hydrogen-bond acceptors (Lipinski definition) is 5. The number of hydrogen-bond donors (Lipinski definition) is 0. The average Bonchev–Trinajstić information content (AvgIpc) is 2.84. The summed E-state index contributed by atoms with van der Waals surface area (Å²) >= 11 is 1.02. The van der Waals surface area contributed by atoms with Crippen molar-refractivity contribution >= 4 is 23.2 Å². The summed E-state index contributed by atoms with van der Waals surface area (Å²) in [6.45, 7) is 1.53. The summed E-state index contributed by atoms with van der Waals surface area (Å²) in [4.78, 5) is 37.3. The van der Waals surface area contributed by atoms with Crippen LogP contribution in [0.25, 0.3) is 0 Å². The maximum absolute atomic E-state index is 12.3. The highest BCUT2D eigenvalue weighted by Crippen LogP contribution is 2.19. The van der Waals surface area contributed by atoms with Gasteiger partial charge in [0.15, 0.2) is 0 Å². The van der Waals surface area contributed by atoms with Crippen LogP contribution in [0.4, 0.5) is 0 Å². The molecule has 0 aliphatic rings. The van der Waals surface area contributed by atoms with Gasteiger partial charge in [0, 0.05) is 30.7 Å². The van der Waals surface area contributed by atoms with Gasteiger partial charge in [-0.15, -0.1) is 0 Å². The molecule has 0 unspecified atom stereocenters. The van der Waals surface area contributed by atoms with Gasteiger partial charge in [0.2, 0.25) is 6.10 Å². The summed E-state index contributed by atoms with van der Waals surface area (Å²) in [5.74, 6) is -0.961. The van der Waals surface area contributed by atoms with Crippen LogP contribution in [0, 0.1) is 6.92 Å². The molecule has 0 spiro atoms. The van der Waals surface area contributed by atoms with Crippen molar-refractivity contribution in [1.82, 2.24) is 9.47 Å². The summed E-state index contributed by atoms with van der Waals surface area (Å²) in [7, 11) is 3.19.